The molecule has 3 N–H and O–H groups in total. The molecule has 1 rings (SSSR count). The van der Waals surface area contributed by atoms with Gasteiger partial charge in [-0.2, -0.15) is 0 Å². The minimum atomic E-state index is -0.304. The molecule has 0 fully saturated rings. The van der Waals surface area contributed by atoms with Crippen molar-refractivity contribution in [3.05, 3.63) is 18.2 Å². The number of rotatable bonds is 5. The highest BCUT2D eigenvalue weighted by Crippen LogP contribution is 2.14. The summed E-state index contributed by atoms with van der Waals surface area (Å²) in [7, 11) is 1.80. The standard InChI is InChI=1S/C11H20N4O/c1-4-11(5-2,7-12)14-10(16)9-6-13-8-15(9)3/h6,8H,4-5,7,12H2,1-3H3,(H,14,16). The molecule has 0 radical (unpaired) electrons. The molecule has 0 aliphatic rings. The number of carbonyl (C=O) groups excluding carboxylic acids is 1. The smallest absolute Gasteiger partial charge is 0.270 e. The molecule has 90 valence electrons. The summed E-state index contributed by atoms with van der Waals surface area (Å²) in [6.07, 6.45) is 4.81. The summed E-state index contributed by atoms with van der Waals surface area (Å²) < 4.78 is 1.70. The maximum absolute atomic E-state index is 12.0. The van der Waals surface area contributed by atoms with Gasteiger partial charge in [-0.05, 0) is 12.8 Å². The zero-order chi connectivity index (χ0) is 12.2. The van der Waals surface area contributed by atoms with E-state index in [4.69, 9.17) is 5.73 Å². The van der Waals surface area contributed by atoms with Crippen LogP contribution in [0.25, 0.3) is 0 Å². The highest BCUT2D eigenvalue weighted by Gasteiger charge is 2.27. The number of imidazole rings is 1. The Kier molecular flexibility index (Phi) is 4.06. The summed E-state index contributed by atoms with van der Waals surface area (Å²) in [5.74, 6) is -0.117. The molecule has 0 aliphatic carbocycles. The van der Waals surface area contributed by atoms with E-state index in [1.54, 1.807) is 24.1 Å². The first kappa shape index (κ1) is 12.7. The van der Waals surface area contributed by atoms with Crippen LogP contribution in [0.4, 0.5) is 0 Å². The van der Waals surface area contributed by atoms with Gasteiger partial charge in [0.2, 0.25) is 0 Å². The van der Waals surface area contributed by atoms with Gasteiger partial charge >= 0.3 is 0 Å². The molecule has 5 heteroatoms. The molecule has 5 nitrogen and oxygen atoms in total. The topological polar surface area (TPSA) is 72.9 Å². The Balaban J connectivity index is 2.81. The molecule has 0 aliphatic heterocycles. The van der Waals surface area contributed by atoms with Gasteiger partial charge in [-0.25, -0.2) is 4.98 Å². The minimum Gasteiger partial charge on any atom is -0.344 e. The average molecular weight is 224 g/mol. The molecule has 1 heterocycles. The van der Waals surface area contributed by atoms with Crippen LogP contribution in [0.1, 0.15) is 37.2 Å². The molecule has 0 unspecified atom stereocenters. The fourth-order valence-corrected chi connectivity index (χ4v) is 1.65. The van der Waals surface area contributed by atoms with Crippen LogP contribution in [-0.2, 0) is 7.05 Å². The third kappa shape index (κ3) is 2.41. The van der Waals surface area contributed by atoms with E-state index in [1.807, 2.05) is 13.8 Å². The van der Waals surface area contributed by atoms with Crippen LogP contribution in [0.5, 0.6) is 0 Å². The Hall–Kier alpha value is -1.36. The molecule has 16 heavy (non-hydrogen) atoms. The first-order chi connectivity index (χ1) is 7.58. The lowest BCUT2D eigenvalue weighted by atomic mass is 9.93. The second kappa shape index (κ2) is 5.12. The van der Waals surface area contributed by atoms with Crippen molar-refractivity contribution in [2.75, 3.05) is 6.54 Å². The van der Waals surface area contributed by atoms with E-state index in [2.05, 4.69) is 10.3 Å². The van der Waals surface area contributed by atoms with Crippen molar-refractivity contribution in [2.45, 2.75) is 32.2 Å². The monoisotopic (exact) mass is 224 g/mol. The van der Waals surface area contributed by atoms with Crippen molar-refractivity contribution in [1.29, 1.82) is 0 Å². The van der Waals surface area contributed by atoms with E-state index in [0.29, 0.717) is 12.2 Å². The van der Waals surface area contributed by atoms with Gasteiger partial charge in [0.25, 0.3) is 5.91 Å². The highest BCUT2D eigenvalue weighted by atomic mass is 16.2. The average Bonchev–Trinajstić information content (AvgIpc) is 2.72. The molecule has 0 bridgehead atoms. The number of aryl methyl sites for hydroxylation is 1. The van der Waals surface area contributed by atoms with Crippen LogP contribution in [0, 0.1) is 0 Å². The normalized spacial score (nSPS) is 11.5. The number of amides is 1. The number of aromatic nitrogens is 2. The second-order valence-corrected chi connectivity index (χ2v) is 4.04. The summed E-state index contributed by atoms with van der Waals surface area (Å²) in [4.78, 5) is 15.9. The zero-order valence-corrected chi connectivity index (χ0v) is 10.2. The van der Waals surface area contributed by atoms with Gasteiger partial charge in [0.05, 0.1) is 18.1 Å². The highest BCUT2D eigenvalue weighted by molar-refractivity contribution is 5.92. The van der Waals surface area contributed by atoms with E-state index in [-0.39, 0.29) is 11.4 Å². The Labute approximate surface area is 96.0 Å². The molecule has 1 aromatic heterocycles. The molecule has 0 spiro atoms. The maximum atomic E-state index is 12.0. The lowest BCUT2D eigenvalue weighted by Gasteiger charge is -2.31. The van der Waals surface area contributed by atoms with Crippen molar-refractivity contribution in [2.24, 2.45) is 12.8 Å². The van der Waals surface area contributed by atoms with Crippen LogP contribution in [-0.4, -0.2) is 27.5 Å². The van der Waals surface area contributed by atoms with E-state index in [0.717, 1.165) is 12.8 Å². The lowest BCUT2D eigenvalue weighted by molar-refractivity contribution is 0.0887. The number of carbonyl (C=O) groups is 1. The summed E-state index contributed by atoms with van der Waals surface area (Å²) in [6, 6.07) is 0. The Morgan fingerprint density at radius 3 is 2.56 bits per heavy atom. The lowest BCUT2D eigenvalue weighted by Crippen LogP contribution is -2.53. The van der Waals surface area contributed by atoms with E-state index < -0.39 is 0 Å². The number of nitrogens with zero attached hydrogens (tertiary/aromatic N) is 2. The molecular formula is C11H20N4O. The van der Waals surface area contributed by atoms with Gasteiger partial charge in [-0.15, -0.1) is 0 Å². The van der Waals surface area contributed by atoms with E-state index in [9.17, 15) is 4.79 Å². The third-order valence-corrected chi connectivity index (χ3v) is 3.17. The summed E-state index contributed by atoms with van der Waals surface area (Å²) >= 11 is 0. The fraction of sp³-hybridized carbons (Fsp3) is 0.636. The van der Waals surface area contributed by atoms with Gasteiger partial charge in [0.1, 0.15) is 5.69 Å². The maximum Gasteiger partial charge on any atom is 0.270 e. The molecular weight excluding hydrogens is 204 g/mol. The number of nitrogens with two attached hydrogens (primary N) is 1. The minimum absolute atomic E-state index is 0.117. The van der Waals surface area contributed by atoms with Crippen molar-refractivity contribution < 1.29 is 4.79 Å². The number of hydrogen-bond donors (Lipinski definition) is 2. The summed E-state index contributed by atoms with van der Waals surface area (Å²) in [5.41, 5.74) is 5.98. The predicted molar refractivity (Wildman–Crippen MR) is 63.0 cm³/mol. The number of hydrogen-bond acceptors (Lipinski definition) is 3. The van der Waals surface area contributed by atoms with Gasteiger partial charge in [0.15, 0.2) is 0 Å². The Bertz CT molecular complexity index is 346. The summed E-state index contributed by atoms with van der Waals surface area (Å²) in [6.45, 7) is 4.50. The SMILES string of the molecule is CCC(CC)(CN)NC(=O)c1cncn1C. The predicted octanol–water partition coefficient (Wildman–Crippen LogP) is 0.667. The van der Waals surface area contributed by atoms with Gasteiger partial charge in [-0.1, -0.05) is 13.8 Å². The van der Waals surface area contributed by atoms with Crippen molar-refractivity contribution >= 4 is 5.91 Å². The summed E-state index contributed by atoms with van der Waals surface area (Å²) in [5, 5.41) is 3.00. The number of nitrogens with one attached hydrogen (secondary N) is 1. The largest absolute Gasteiger partial charge is 0.344 e. The molecule has 0 saturated heterocycles. The quantitative estimate of drug-likeness (QED) is 0.772. The fourth-order valence-electron chi connectivity index (χ4n) is 1.65. The van der Waals surface area contributed by atoms with Gasteiger partial charge in [0, 0.05) is 13.6 Å². The first-order valence-electron chi connectivity index (χ1n) is 5.57. The van der Waals surface area contributed by atoms with Crippen LogP contribution in [0.2, 0.25) is 0 Å². The Morgan fingerprint density at radius 1 is 1.56 bits per heavy atom. The Morgan fingerprint density at radius 2 is 2.19 bits per heavy atom. The first-order valence-corrected chi connectivity index (χ1v) is 5.57. The second-order valence-electron chi connectivity index (χ2n) is 4.04. The van der Waals surface area contributed by atoms with Crippen molar-refractivity contribution in [3.8, 4) is 0 Å². The van der Waals surface area contributed by atoms with Crippen LogP contribution >= 0.6 is 0 Å². The third-order valence-electron chi connectivity index (χ3n) is 3.17. The molecule has 0 atom stereocenters. The van der Waals surface area contributed by atoms with E-state index >= 15 is 0 Å². The van der Waals surface area contributed by atoms with Gasteiger partial charge < -0.3 is 15.6 Å². The van der Waals surface area contributed by atoms with Crippen molar-refractivity contribution in [3.63, 3.8) is 0 Å². The molecule has 1 amide bonds. The molecule has 0 aromatic carbocycles. The molecule has 0 saturated carbocycles. The van der Waals surface area contributed by atoms with Crippen LogP contribution in [0.3, 0.4) is 0 Å². The van der Waals surface area contributed by atoms with Gasteiger partial charge in [-0.3, -0.25) is 4.79 Å². The van der Waals surface area contributed by atoms with E-state index in [1.165, 1.54) is 0 Å². The zero-order valence-electron chi connectivity index (χ0n) is 10.2. The molecule has 1 aromatic rings. The van der Waals surface area contributed by atoms with Crippen LogP contribution in [0.15, 0.2) is 12.5 Å². The van der Waals surface area contributed by atoms with Crippen LogP contribution < -0.4 is 11.1 Å². The van der Waals surface area contributed by atoms with Crippen molar-refractivity contribution in [1.82, 2.24) is 14.9 Å².